The number of hydrogen-bond donors (Lipinski definition) is 2. The van der Waals surface area contributed by atoms with Crippen LogP contribution in [0, 0.1) is 34.9 Å². The summed E-state index contributed by atoms with van der Waals surface area (Å²) in [7, 11) is 0. The van der Waals surface area contributed by atoms with Crippen molar-refractivity contribution in [2.24, 2.45) is 0 Å². The Kier molecular flexibility index (Phi) is 22.0. The number of carbonyl (C=O) groups excluding carboxylic acids is 2. The van der Waals surface area contributed by atoms with E-state index >= 15 is 8.78 Å². The highest BCUT2D eigenvalue weighted by molar-refractivity contribution is 5.96. The van der Waals surface area contributed by atoms with Gasteiger partial charge in [0.2, 0.25) is 0 Å². The molecule has 0 spiro atoms. The maximum Gasteiger partial charge on any atom is 0.461 e. The zero-order valence-electron chi connectivity index (χ0n) is 48.4. The van der Waals surface area contributed by atoms with Gasteiger partial charge in [-0.05, 0) is 146 Å². The van der Waals surface area contributed by atoms with Gasteiger partial charge in [-0.25, -0.2) is 26.3 Å². The molecule has 0 aliphatic heterocycles. The first-order valence-electron chi connectivity index (χ1n) is 27.3. The monoisotopic (exact) mass is 1330 g/mol. The molecule has 8 rings (SSSR count). The summed E-state index contributed by atoms with van der Waals surface area (Å²) in [6, 6.07) is 27.1. The Bertz CT molecular complexity index is 3990. The van der Waals surface area contributed by atoms with Gasteiger partial charge < -0.3 is 29.6 Å². The minimum absolute atomic E-state index is 0.0101. The molecule has 2 atom stereocenters. The zero-order chi connectivity index (χ0) is 68.5. The molecule has 492 valence electrons. The van der Waals surface area contributed by atoms with Gasteiger partial charge in [-0.2, -0.15) is 57.1 Å². The van der Waals surface area contributed by atoms with E-state index in [0.29, 0.717) is 35.4 Å². The van der Waals surface area contributed by atoms with Crippen molar-refractivity contribution < 1.29 is 112 Å². The van der Waals surface area contributed by atoms with Crippen LogP contribution in [-0.2, 0) is 36.3 Å². The summed E-state index contributed by atoms with van der Waals surface area (Å²) in [5.74, 6) is -12.5. The van der Waals surface area contributed by atoms with Gasteiger partial charge in [0.05, 0.1) is 34.4 Å². The molecule has 2 amide bonds. The minimum atomic E-state index is -5.20. The second kappa shape index (κ2) is 28.9. The third kappa shape index (κ3) is 17.7. The van der Waals surface area contributed by atoms with Crippen LogP contribution in [0.1, 0.15) is 92.9 Å². The molecule has 0 saturated carbocycles. The lowest BCUT2D eigenvalue weighted by Gasteiger charge is -2.37. The molecule has 8 aromatic carbocycles. The van der Waals surface area contributed by atoms with Gasteiger partial charge in [0, 0.05) is 36.1 Å². The van der Waals surface area contributed by atoms with E-state index in [0.717, 1.165) is 66.7 Å². The van der Waals surface area contributed by atoms with E-state index in [1.165, 1.54) is 18.2 Å². The van der Waals surface area contributed by atoms with Crippen molar-refractivity contribution in [1.29, 1.82) is 0 Å². The first-order valence-corrected chi connectivity index (χ1v) is 27.3. The molecule has 93 heavy (non-hydrogen) atoms. The Labute approximate surface area is 517 Å². The van der Waals surface area contributed by atoms with E-state index in [2.05, 4.69) is 20.1 Å². The molecule has 8 aromatic rings. The Morgan fingerprint density at radius 2 is 0.817 bits per heavy atom. The van der Waals surface area contributed by atoms with E-state index in [-0.39, 0.29) is 46.7 Å². The number of ether oxygens (including phenoxy) is 4. The van der Waals surface area contributed by atoms with Gasteiger partial charge >= 0.3 is 37.0 Å². The number of alkyl halides is 10. The molecule has 27 heteroatoms. The predicted molar refractivity (Wildman–Crippen MR) is 299 cm³/mol. The van der Waals surface area contributed by atoms with Gasteiger partial charge in [-0.1, -0.05) is 72.8 Å². The summed E-state index contributed by atoms with van der Waals surface area (Å²) in [5, 5.41) is 5.08. The van der Waals surface area contributed by atoms with Crippen molar-refractivity contribution in [3.05, 3.63) is 272 Å². The summed E-state index contributed by atoms with van der Waals surface area (Å²) < 4.78 is 282. The molecule has 0 unspecified atom stereocenters. The molecule has 0 aromatic heterocycles. The first-order chi connectivity index (χ1) is 43.5. The lowest BCUT2D eigenvalue weighted by molar-refractivity contribution is -0.253. The molecule has 2 N–H and O–H groups in total. The van der Waals surface area contributed by atoms with Crippen molar-refractivity contribution in [3.8, 4) is 23.0 Å². The Balaban J connectivity index is 0.000000264. The molecule has 0 aliphatic carbocycles. The van der Waals surface area contributed by atoms with Crippen molar-refractivity contribution in [1.82, 2.24) is 10.6 Å². The highest BCUT2D eigenvalue weighted by Gasteiger charge is 2.46. The van der Waals surface area contributed by atoms with Crippen LogP contribution < -0.4 is 29.6 Å². The summed E-state index contributed by atoms with van der Waals surface area (Å²) in [6.45, 7) is 6.33. The Morgan fingerprint density at radius 1 is 0.441 bits per heavy atom. The fraction of sp³-hybridized carbons (Fsp3) is 0.212. The van der Waals surface area contributed by atoms with Crippen molar-refractivity contribution in [3.63, 3.8) is 0 Å². The molecular weight excluding hydrogens is 1280 g/mol. The highest BCUT2D eigenvalue weighted by Crippen LogP contribution is 2.43. The normalized spacial score (nSPS) is 13.1. The maximum absolute atomic E-state index is 15.1. The van der Waals surface area contributed by atoms with Crippen LogP contribution in [0.3, 0.4) is 0 Å². The van der Waals surface area contributed by atoms with Crippen molar-refractivity contribution in [2.45, 2.75) is 88.7 Å². The quantitative estimate of drug-likeness (QED) is 0.0550. The number of hydrogen-bond acceptors (Lipinski definition) is 6. The van der Waals surface area contributed by atoms with Gasteiger partial charge in [0.15, 0.2) is 23.1 Å². The standard InChI is InChI=1S/C33H25F10NO3.C33H24F9NO3/c1-18(2)46-28-15-21(9-11-27(28)36)31(17-19-6-4-3-5-7-19,22-13-23(34)16-24(14-22)47-33(42,43)30(37)38)44-29(45)20-8-10-26(35)25(12-20)32(39,40)41;1-18(2)45-28-15-21(9-11-27(28)36)32(17-19-6-4-3-5-7-19,22-13-23(34)16-24(14-22)46-30(39)29(37)38)43-31(44)20-8-10-26(35)25(12-20)33(40,41)42/h3-16,18,30H,17H2,1-2H3,(H,44,45);3-16,18H,17H2,1-2H3,(H,43,44)/t31-;32-/m11/s1. The summed E-state index contributed by atoms with van der Waals surface area (Å²) in [4.78, 5) is 27.5. The largest absolute Gasteiger partial charge is 0.488 e. The van der Waals surface area contributed by atoms with Crippen LogP contribution >= 0.6 is 0 Å². The van der Waals surface area contributed by atoms with Crippen molar-refractivity contribution >= 4 is 11.8 Å². The molecular formula is C66H49F19N2O6. The molecule has 0 bridgehead atoms. The topological polar surface area (TPSA) is 95.1 Å². The number of benzene rings is 8. The lowest BCUT2D eigenvalue weighted by Crippen LogP contribution is -2.49. The summed E-state index contributed by atoms with van der Waals surface area (Å²) in [5.41, 5.74) is -9.08. The molecule has 0 radical (unpaired) electrons. The maximum atomic E-state index is 15.1. The van der Waals surface area contributed by atoms with Gasteiger partial charge in [0.1, 0.15) is 34.8 Å². The van der Waals surface area contributed by atoms with Crippen molar-refractivity contribution in [2.75, 3.05) is 0 Å². The van der Waals surface area contributed by atoms with Crippen LogP contribution in [0.25, 0.3) is 0 Å². The van der Waals surface area contributed by atoms with E-state index in [4.69, 9.17) is 9.47 Å². The third-order valence-electron chi connectivity index (χ3n) is 13.5. The fourth-order valence-electron chi connectivity index (χ4n) is 9.53. The second-order valence-electron chi connectivity index (χ2n) is 21.0. The van der Waals surface area contributed by atoms with Crippen LogP contribution in [0.2, 0.25) is 0 Å². The lowest BCUT2D eigenvalue weighted by atomic mass is 9.77. The highest BCUT2D eigenvalue weighted by atomic mass is 19.4. The number of amides is 2. The minimum Gasteiger partial charge on any atom is -0.488 e. The zero-order valence-corrected chi connectivity index (χ0v) is 48.4. The molecule has 0 saturated heterocycles. The van der Waals surface area contributed by atoms with Gasteiger partial charge in [0.25, 0.3) is 11.8 Å². The molecule has 0 heterocycles. The molecule has 0 fully saturated rings. The van der Waals surface area contributed by atoms with E-state index < -0.39 is 153 Å². The summed E-state index contributed by atoms with van der Waals surface area (Å²) in [6.07, 6.45) is -24.5. The van der Waals surface area contributed by atoms with E-state index in [9.17, 15) is 84.2 Å². The Morgan fingerprint density at radius 3 is 1.18 bits per heavy atom. The van der Waals surface area contributed by atoms with E-state index in [1.807, 2.05) is 0 Å². The molecule has 0 aliphatic rings. The smallest absolute Gasteiger partial charge is 0.461 e. The predicted octanol–water partition coefficient (Wildman–Crippen LogP) is 18.3. The first kappa shape index (κ1) is 70.8. The second-order valence-corrected chi connectivity index (χ2v) is 21.0. The number of nitrogens with one attached hydrogen (secondary N) is 2. The number of rotatable bonds is 21. The third-order valence-corrected chi connectivity index (χ3v) is 13.5. The van der Waals surface area contributed by atoms with E-state index in [1.54, 1.807) is 76.2 Å². The van der Waals surface area contributed by atoms with Crippen LogP contribution in [0.5, 0.6) is 23.0 Å². The van der Waals surface area contributed by atoms with Crippen LogP contribution in [0.15, 0.2) is 182 Å². The van der Waals surface area contributed by atoms with Gasteiger partial charge in [-0.15, -0.1) is 0 Å². The average Bonchev–Trinajstić information content (AvgIpc) is 0.761. The number of halogens is 19. The molecule has 8 nitrogen and oxygen atoms in total. The fourth-order valence-corrected chi connectivity index (χ4v) is 9.53. The summed E-state index contributed by atoms with van der Waals surface area (Å²) >= 11 is 0. The van der Waals surface area contributed by atoms with Crippen LogP contribution in [0.4, 0.5) is 83.4 Å². The Hall–Kier alpha value is -9.69. The SMILES string of the molecule is CC(C)Oc1cc([C@@](Cc2ccccc2)(NC(=O)c2ccc(F)c(C(F)(F)F)c2)c2cc(F)cc(OC(F)(F)C(F)F)c2)ccc1F.CC(C)Oc1cc([C@@](Cc2ccccc2)(NC(=O)c2ccc(F)c(C(F)(F)F)c2)c2cc(F)cc(OC(F)=C(F)F)c2)ccc1F. The van der Waals surface area contributed by atoms with Crippen LogP contribution in [-0.4, -0.2) is 36.6 Å². The average molecular weight is 1330 g/mol. The number of carbonyl (C=O) groups is 2. The van der Waals surface area contributed by atoms with Gasteiger partial charge in [-0.3, -0.25) is 9.59 Å².